The number of fused-ring (bicyclic) bond motifs is 1. The molecule has 0 bridgehead atoms. The van der Waals surface area contributed by atoms with Crippen molar-refractivity contribution in [1.29, 1.82) is 0 Å². The van der Waals surface area contributed by atoms with E-state index in [1.54, 1.807) is 19.2 Å². The van der Waals surface area contributed by atoms with E-state index in [1.165, 1.54) is 0 Å². The van der Waals surface area contributed by atoms with E-state index in [4.69, 9.17) is 9.47 Å². The number of carbonyl (C=O) groups excluding carboxylic acids is 1. The largest absolute Gasteiger partial charge is 0.493 e. The minimum Gasteiger partial charge on any atom is -0.493 e. The molecule has 1 N–H and O–H groups in total. The molecule has 25 heavy (non-hydrogen) atoms. The molecule has 5 heteroatoms. The lowest BCUT2D eigenvalue weighted by atomic mass is 10.1. The van der Waals surface area contributed by atoms with Crippen LogP contribution in [0.25, 0.3) is 10.8 Å². The van der Waals surface area contributed by atoms with Crippen molar-refractivity contribution in [3.8, 4) is 11.5 Å². The highest BCUT2D eigenvalue weighted by atomic mass is 79.9. The fourth-order valence-corrected chi connectivity index (χ4v) is 3.22. The number of carbonyl (C=O) groups is 1. The van der Waals surface area contributed by atoms with Gasteiger partial charge >= 0.3 is 0 Å². The fraction of sp³-hybridized carbons (Fsp3) is 0.150. The number of anilines is 1. The van der Waals surface area contributed by atoms with Gasteiger partial charge in [-0.3, -0.25) is 4.79 Å². The Hall–Kier alpha value is -2.53. The topological polar surface area (TPSA) is 47.6 Å². The Labute approximate surface area is 154 Å². The van der Waals surface area contributed by atoms with Crippen molar-refractivity contribution < 1.29 is 14.3 Å². The molecule has 0 unspecified atom stereocenters. The second kappa shape index (κ2) is 7.57. The van der Waals surface area contributed by atoms with Gasteiger partial charge in [-0.15, -0.1) is 0 Å². The molecule has 0 heterocycles. The zero-order chi connectivity index (χ0) is 17.8. The summed E-state index contributed by atoms with van der Waals surface area (Å²) in [5.41, 5.74) is 1.26. The molecule has 0 atom stereocenters. The maximum absolute atomic E-state index is 12.7. The predicted molar refractivity (Wildman–Crippen MR) is 104 cm³/mol. The Morgan fingerprint density at radius 1 is 1.12 bits per heavy atom. The molecule has 3 aromatic carbocycles. The fourth-order valence-electron chi connectivity index (χ4n) is 2.66. The first-order valence-electron chi connectivity index (χ1n) is 7.93. The molecule has 0 radical (unpaired) electrons. The zero-order valence-electron chi connectivity index (χ0n) is 14.0. The van der Waals surface area contributed by atoms with Gasteiger partial charge in [0.05, 0.1) is 18.2 Å². The van der Waals surface area contributed by atoms with E-state index in [-0.39, 0.29) is 5.91 Å². The molecule has 4 nitrogen and oxygen atoms in total. The van der Waals surface area contributed by atoms with Gasteiger partial charge in [0.2, 0.25) is 0 Å². The molecule has 0 aliphatic rings. The lowest BCUT2D eigenvalue weighted by molar-refractivity contribution is 0.102. The molecule has 0 fully saturated rings. The molecule has 0 aromatic heterocycles. The number of hydrogen-bond acceptors (Lipinski definition) is 3. The standard InChI is InChI=1S/C20H18BrNO3/c1-3-25-19-16(21)11-14(12-18(19)24-2)20(23)22-17-10-6-8-13-7-4-5-9-15(13)17/h4-12H,3H2,1-2H3,(H,22,23). The number of nitrogens with one attached hydrogen (secondary N) is 1. The summed E-state index contributed by atoms with van der Waals surface area (Å²) in [5.74, 6) is 0.893. The second-order valence-corrected chi connectivity index (χ2v) is 6.26. The monoisotopic (exact) mass is 399 g/mol. The number of amides is 1. The van der Waals surface area contributed by atoms with Crippen LogP contribution in [0.3, 0.4) is 0 Å². The number of ether oxygens (including phenoxy) is 2. The lowest BCUT2D eigenvalue weighted by Crippen LogP contribution is -2.12. The number of rotatable bonds is 5. The van der Waals surface area contributed by atoms with Crippen molar-refractivity contribution in [3.63, 3.8) is 0 Å². The van der Waals surface area contributed by atoms with Crippen LogP contribution < -0.4 is 14.8 Å². The van der Waals surface area contributed by atoms with Crippen LogP contribution in [0.4, 0.5) is 5.69 Å². The predicted octanol–water partition coefficient (Wildman–Crippen LogP) is 5.26. The van der Waals surface area contributed by atoms with Gasteiger partial charge in [-0.05, 0) is 46.4 Å². The Kier molecular flexibility index (Phi) is 5.24. The van der Waals surface area contributed by atoms with Crippen LogP contribution in [0.1, 0.15) is 17.3 Å². The highest BCUT2D eigenvalue weighted by molar-refractivity contribution is 9.10. The summed E-state index contributed by atoms with van der Waals surface area (Å²) < 4.78 is 11.6. The summed E-state index contributed by atoms with van der Waals surface area (Å²) in [5, 5.41) is 5.05. The first kappa shape index (κ1) is 17.3. The van der Waals surface area contributed by atoms with Gasteiger partial charge in [0.1, 0.15) is 0 Å². The van der Waals surface area contributed by atoms with Crippen molar-refractivity contribution in [2.24, 2.45) is 0 Å². The van der Waals surface area contributed by atoms with Gasteiger partial charge in [-0.1, -0.05) is 36.4 Å². The van der Waals surface area contributed by atoms with E-state index >= 15 is 0 Å². The average Bonchev–Trinajstić information content (AvgIpc) is 2.63. The summed E-state index contributed by atoms with van der Waals surface area (Å²) in [6.07, 6.45) is 0. The van der Waals surface area contributed by atoms with Crippen LogP contribution in [0.15, 0.2) is 59.1 Å². The second-order valence-electron chi connectivity index (χ2n) is 5.40. The number of methoxy groups -OCH3 is 1. The third-order valence-electron chi connectivity index (χ3n) is 3.82. The highest BCUT2D eigenvalue weighted by Gasteiger charge is 2.16. The van der Waals surface area contributed by atoms with E-state index < -0.39 is 0 Å². The van der Waals surface area contributed by atoms with Crippen LogP contribution in [-0.4, -0.2) is 19.6 Å². The molecular weight excluding hydrogens is 382 g/mol. The number of halogens is 1. The van der Waals surface area contributed by atoms with Gasteiger partial charge in [0.25, 0.3) is 5.91 Å². The maximum Gasteiger partial charge on any atom is 0.255 e. The summed E-state index contributed by atoms with van der Waals surface area (Å²) in [6, 6.07) is 17.2. The Bertz CT molecular complexity index is 919. The minimum atomic E-state index is -0.210. The summed E-state index contributed by atoms with van der Waals surface area (Å²) in [6.45, 7) is 2.41. The van der Waals surface area contributed by atoms with E-state index in [0.717, 1.165) is 16.5 Å². The van der Waals surface area contributed by atoms with Crippen LogP contribution in [0.5, 0.6) is 11.5 Å². The quantitative estimate of drug-likeness (QED) is 0.636. The van der Waals surface area contributed by atoms with E-state index in [1.807, 2.05) is 49.4 Å². The maximum atomic E-state index is 12.7. The summed E-state index contributed by atoms with van der Waals surface area (Å²) in [7, 11) is 1.55. The third kappa shape index (κ3) is 3.61. The SMILES string of the molecule is CCOc1c(Br)cc(C(=O)Nc2cccc3ccccc23)cc1OC. The minimum absolute atomic E-state index is 0.210. The Morgan fingerprint density at radius 3 is 2.64 bits per heavy atom. The molecule has 0 aliphatic carbocycles. The van der Waals surface area contributed by atoms with Gasteiger partial charge in [0.15, 0.2) is 11.5 Å². The first-order chi connectivity index (χ1) is 12.1. The highest BCUT2D eigenvalue weighted by Crippen LogP contribution is 2.37. The van der Waals surface area contributed by atoms with E-state index in [9.17, 15) is 4.79 Å². The van der Waals surface area contributed by atoms with Crippen molar-refractivity contribution in [1.82, 2.24) is 0 Å². The number of hydrogen-bond donors (Lipinski definition) is 1. The molecular formula is C20H18BrNO3. The Balaban J connectivity index is 1.94. The molecule has 3 aromatic rings. The Morgan fingerprint density at radius 2 is 1.88 bits per heavy atom. The normalized spacial score (nSPS) is 10.5. The van der Waals surface area contributed by atoms with Crippen molar-refractivity contribution in [2.75, 3.05) is 19.0 Å². The van der Waals surface area contributed by atoms with Gasteiger partial charge in [0, 0.05) is 16.6 Å². The summed E-state index contributed by atoms with van der Waals surface area (Å²) in [4.78, 5) is 12.7. The number of benzene rings is 3. The van der Waals surface area contributed by atoms with Gasteiger partial charge < -0.3 is 14.8 Å². The first-order valence-corrected chi connectivity index (χ1v) is 8.72. The molecule has 128 valence electrons. The van der Waals surface area contributed by atoms with Crippen molar-refractivity contribution in [3.05, 3.63) is 64.6 Å². The zero-order valence-corrected chi connectivity index (χ0v) is 15.6. The molecule has 3 rings (SSSR count). The third-order valence-corrected chi connectivity index (χ3v) is 4.41. The lowest BCUT2D eigenvalue weighted by Gasteiger charge is -2.14. The molecule has 0 aliphatic heterocycles. The van der Waals surface area contributed by atoms with E-state index in [2.05, 4.69) is 21.2 Å². The van der Waals surface area contributed by atoms with Crippen molar-refractivity contribution >= 4 is 38.3 Å². The van der Waals surface area contributed by atoms with Crippen LogP contribution in [0, 0.1) is 0 Å². The smallest absolute Gasteiger partial charge is 0.255 e. The molecule has 0 saturated heterocycles. The van der Waals surface area contributed by atoms with Crippen LogP contribution in [0.2, 0.25) is 0 Å². The van der Waals surface area contributed by atoms with Crippen LogP contribution in [-0.2, 0) is 0 Å². The van der Waals surface area contributed by atoms with Crippen LogP contribution >= 0.6 is 15.9 Å². The average molecular weight is 400 g/mol. The van der Waals surface area contributed by atoms with Crippen molar-refractivity contribution in [2.45, 2.75) is 6.92 Å². The van der Waals surface area contributed by atoms with Gasteiger partial charge in [-0.2, -0.15) is 0 Å². The molecule has 1 amide bonds. The molecule has 0 saturated carbocycles. The van der Waals surface area contributed by atoms with Gasteiger partial charge in [-0.25, -0.2) is 0 Å². The van der Waals surface area contributed by atoms with E-state index in [0.29, 0.717) is 28.1 Å². The molecule has 0 spiro atoms. The summed E-state index contributed by atoms with van der Waals surface area (Å²) >= 11 is 3.45.